The number of carbonyl (C=O) groups excluding carboxylic acids is 1. The maximum Gasteiger partial charge on any atom is 0.335 e. The highest BCUT2D eigenvalue weighted by Gasteiger charge is 2.65. The second kappa shape index (κ2) is 7.95. The molecule has 34 heavy (non-hydrogen) atoms. The van der Waals surface area contributed by atoms with Crippen LogP contribution in [0.4, 0.5) is 11.4 Å². The zero-order chi connectivity index (χ0) is 24.2. The number of hydrogen-bond acceptors (Lipinski definition) is 5. The molecule has 2 aliphatic rings. The van der Waals surface area contributed by atoms with Crippen LogP contribution in [0, 0.1) is 12.3 Å². The van der Waals surface area contributed by atoms with Crippen molar-refractivity contribution < 1.29 is 14.7 Å². The predicted octanol–water partition coefficient (Wildman–Crippen LogP) is 4.18. The number of hydrogen-bond donors (Lipinski definition) is 5. The Kier molecular flexibility index (Phi) is 5.16. The number of rotatable bonds is 6. The average molecular weight is 476 g/mol. The van der Waals surface area contributed by atoms with Crippen molar-refractivity contribution >= 4 is 41.2 Å². The third-order valence-corrected chi connectivity index (χ3v) is 7.13. The van der Waals surface area contributed by atoms with Gasteiger partial charge in [0, 0.05) is 17.2 Å². The van der Waals surface area contributed by atoms with Crippen LogP contribution in [0.2, 0.25) is 5.02 Å². The molecule has 0 aromatic heterocycles. The average Bonchev–Trinajstić information content (AvgIpc) is 3.51. The van der Waals surface area contributed by atoms with Crippen LogP contribution in [0.1, 0.15) is 39.4 Å². The van der Waals surface area contributed by atoms with E-state index in [2.05, 4.69) is 10.9 Å². The summed E-state index contributed by atoms with van der Waals surface area (Å²) < 4.78 is 0. The highest BCUT2D eigenvalue weighted by molar-refractivity contribution is 6.34. The van der Waals surface area contributed by atoms with E-state index in [1.54, 1.807) is 25.1 Å². The first kappa shape index (κ1) is 22.1. The van der Waals surface area contributed by atoms with Crippen LogP contribution in [-0.4, -0.2) is 23.3 Å². The van der Waals surface area contributed by atoms with Gasteiger partial charge in [-0.2, -0.15) is 5.53 Å². The van der Waals surface area contributed by atoms with Crippen molar-refractivity contribution in [2.45, 2.75) is 24.7 Å². The molecule has 2 unspecified atom stereocenters. The fourth-order valence-electron chi connectivity index (χ4n) is 4.91. The number of halogens is 1. The molecule has 8 nitrogen and oxygen atoms in total. The summed E-state index contributed by atoms with van der Waals surface area (Å²) in [5.74, 6) is 4.25. The van der Waals surface area contributed by atoms with Crippen LogP contribution < -0.4 is 21.7 Å². The SMILES string of the molecule is Cc1ccc(C2CC23C(=O)Nc2cc(Cl)c(-c4ccc(N(C=N)NN)cc4)cc23)cc1C(=O)O. The monoisotopic (exact) mass is 475 g/mol. The van der Waals surface area contributed by atoms with E-state index in [0.717, 1.165) is 28.6 Å². The number of aromatic carboxylic acids is 1. The normalized spacial score (nSPS) is 20.1. The molecule has 5 rings (SSSR count). The predicted molar refractivity (Wildman–Crippen MR) is 131 cm³/mol. The van der Waals surface area contributed by atoms with Gasteiger partial charge in [-0.3, -0.25) is 21.1 Å². The van der Waals surface area contributed by atoms with E-state index in [1.165, 1.54) is 5.01 Å². The molecule has 9 heteroatoms. The Balaban J connectivity index is 1.54. The number of hydrazine groups is 2. The molecule has 0 saturated heterocycles. The van der Waals surface area contributed by atoms with Gasteiger partial charge in [-0.05, 0) is 65.9 Å². The van der Waals surface area contributed by atoms with E-state index in [4.69, 9.17) is 22.9 Å². The molecule has 1 amide bonds. The summed E-state index contributed by atoms with van der Waals surface area (Å²) in [7, 11) is 0. The molecular formula is C25H22ClN5O3. The fraction of sp³-hybridized carbons (Fsp3) is 0.160. The van der Waals surface area contributed by atoms with Gasteiger partial charge < -0.3 is 10.4 Å². The quantitative estimate of drug-likeness (QED) is 0.157. The maximum absolute atomic E-state index is 13.1. The molecule has 6 N–H and O–H groups in total. The molecule has 2 atom stereocenters. The number of carbonyl (C=O) groups is 2. The first-order valence-electron chi connectivity index (χ1n) is 10.7. The first-order chi connectivity index (χ1) is 16.3. The number of aryl methyl sites for hydroxylation is 1. The van der Waals surface area contributed by atoms with Gasteiger partial charge in [0.1, 0.15) is 6.34 Å². The molecule has 1 heterocycles. The molecule has 0 bridgehead atoms. The molecule has 3 aromatic carbocycles. The number of nitrogens with one attached hydrogen (secondary N) is 3. The molecule has 1 saturated carbocycles. The lowest BCUT2D eigenvalue weighted by molar-refractivity contribution is -0.118. The van der Waals surface area contributed by atoms with Crippen LogP contribution in [0.25, 0.3) is 11.1 Å². The number of benzene rings is 3. The Bertz CT molecular complexity index is 1360. The van der Waals surface area contributed by atoms with Crippen molar-refractivity contribution in [2.24, 2.45) is 5.84 Å². The number of amides is 1. The van der Waals surface area contributed by atoms with Gasteiger partial charge in [0.25, 0.3) is 0 Å². The van der Waals surface area contributed by atoms with Crippen molar-refractivity contribution in [1.29, 1.82) is 5.41 Å². The lowest BCUT2D eigenvalue weighted by Crippen LogP contribution is -2.41. The van der Waals surface area contributed by atoms with Gasteiger partial charge >= 0.3 is 5.97 Å². The Morgan fingerprint density at radius 3 is 2.65 bits per heavy atom. The van der Waals surface area contributed by atoms with Crippen molar-refractivity contribution in [3.8, 4) is 11.1 Å². The Morgan fingerprint density at radius 2 is 2.00 bits per heavy atom. The second-order valence-electron chi connectivity index (χ2n) is 8.61. The zero-order valence-electron chi connectivity index (χ0n) is 18.2. The van der Waals surface area contributed by atoms with Crippen LogP contribution in [0.3, 0.4) is 0 Å². The highest BCUT2D eigenvalue weighted by atomic mass is 35.5. The number of anilines is 2. The van der Waals surface area contributed by atoms with E-state index in [1.807, 2.05) is 36.4 Å². The van der Waals surface area contributed by atoms with Crippen molar-refractivity contribution in [1.82, 2.24) is 5.53 Å². The molecule has 0 radical (unpaired) electrons. The number of fused-ring (bicyclic) bond motifs is 2. The lowest BCUT2D eigenvalue weighted by atomic mass is 9.89. The van der Waals surface area contributed by atoms with E-state index in [-0.39, 0.29) is 17.4 Å². The molecule has 172 valence electrons. The van der Waals surface area contributed by atoms with Crippen molar-refractivity contribution in [3.63, 3.8) is 0 Å². The summed E-state index contributed by atoms with van der Waals surface area (Å²) in [6.07, 6.45) is 1.66. The van der Waals surface area contributed by atoms with Crippen LogP contribution >= 0.6 is 11.6 Å². The largest absolute Gasteiger partial charge is 0.478 e. The topological polar surface area (TPSA) is 132 Å². The number of nitrogens with zero attached hydrogens (tertiary/aromatic N) is 1. The third kappa shape index (κ3) is 3.27. The smallest absolute Gasteiger partial charge is 0.335 e. The molecular weight excluding hydrogens is 454 g/mol. The minimum atomic E-state index is -0.978. The van der Waals surface area contributed by atoms with E-state index < -0.39 is 11.4 Å². The number of nitrogens with two attached hydrogens (primary N) is 1. The van der Waals surface area contributed by atoms with E-state index >= 15 is 0 Å². The summed E-state index contributed by atoms with van der Waals surface area (Å²) in [6.45, 7) is 1.76. The Labute approximate surface area is 200 Å². The van der Waals surface area contributed by atoms with Crippen molar-refractivity contribution in [2.75, 3.05) is 10.3 Å². The maximum atomic E-state index is 13.1. The summed E-state index contributed by atoms with van der Waals surface area (Å²) >= 11 is 6.59. The van der Waals surface area contributed by atoms with E-state index in [9.17, 15) is 14.7 Å². The summed E-state index contributed by atoms with van der Waals surface area (Å²) in [6, 6.07) is 16.5. The van der Waals surface area contributed by atoms with Gasteiger partial charge in [-0.25, -0.2) is 4.79 Å². The summed E-state index contributed by atoms with van der Waals surface area (Å²) in [4.78, 5) is 24.7. The highest BCUT2D eigenvalue weighted by Crippen LogP contribution is 2.65. The minimum Gasteiger partial charge on any atom is -0.478 e. The summed E-state index contributed by atoms with van der Waals surface area (Å²) in [5.41, 5.74) is 7.33. The van der Waals surface area contributed by atoms with Gasteiger partial charge in [0.2, 0.25) is 5.91 Å². The molecule has 1 spiro atoms. The van der Waals surface area contributed by atoms with Crippen LogP contribution in [0.15, 0.2) is 54.6 Å². The summed E-state index contributed by atoms with van der Waals surface area (Å²) in [5, 5.41) is 21.7. The molecule has 1 fully saturated rings. The third-order valence-electron chi connectivity index (χ3n) is 6.82. The minimum absolute atomic E-state index is 0.0934. The van der Waals surface area contributed by atoms with Crippen LogP contribution in [0.5, 0.6) is 0 Å². The fourth-order valence-corrected chi connectivity index (χ4v) is 5.18. The number of carboxylic acids is 1. The lowest BCUT2D eigenvalue weighted by Gasteiger charge is -2.17. The Morgan fingerprint density at radius 1 is 1.26 bits per heavy atom. The Hall–Kier alpha value is -3.72. The zero-order valence-corrected chi connectivity index (χ0v) is 19.0. The van der Waals surface area contributed by atoms with Gasteiger partial charge in [0.05, 0.1) is 21.7 Å². The van der Waals surface area contributed by atoms with Gasteiger partial charge in [-0.15, -0.1) is 0 Å². The van der Waals surface area contributed by atoms with Gasteiger partial charge in [-0.1, -0.05) is 35.9 Å². The molecule has 1 aliphatic carbocycles. The van der Waals surface area contributed by atoms with Gasteiger partial charge in [0.15, 0.2) is 0 Å². The second-order valence-corrected chi connectivity index (χ2v) is 9.02. The molecule has 3 aromatic rings. The van der Waals surface area contributed by atoms with Crippen molar-refractivity contribution in [3.05, 3.63) is 81.9 Å². The first-order valence-corrected chi connectivity index (χ1v) is 11.0. The number of carboxylic acid groups (broad SMARTS) is 1. The molecule has 1 aliphatic heterocycles. The van der Waals surface area contributed by atoms with E-state index in [0.29, 0.717) is 28.4 Å². The van der Waals surface area contributed by atoms with Crippen LogP contribution in [-0.2, 0) is 10.2 Å². The standard InChI is InChI=1S/C25H22ClN5O3/c1-13-2-3-15(8-17(13)23(32)33)20-11-25(20)19-9-18(21(26)10-22(19)29-24(25)34)14-4-6-16(7-5-14)31(12-27)30-28/h2-10,12,20,27,30H,11,28H2,1H3,(H,29,34)(H,32,33).